The minimum absolute atomic E-state index is 0.432. The van der Waals surface area contributed by atoms with E-state index in [9.17, 15) is 0 Å². The smallest absolute Gasteiger partial charge is 0.0994 e. The number of nitriles is 1. The fraction of sp³-hybridized carbons (Fsp3) is 0.500. The first-order valence-corrected chi connectivity index (χ1v) is 5.72. The van der Waals surface area contributed by atoms with E-state index in [-0.39, 0.29) is 0 Å². The molecule has 82 valence electrons. The van der Waals surface area contributed by atoms with Gasteiger partial charge in [0.15, 0.2) is 0 Å². The monoisotopic (exact) mass is 203 g/mol. The number of hydrogen-bond donors (Lipinski definition) is 0. The maximum atomic E-state index is 8.88. The molecule has 0 fully saturated rings. The average Bonchev–Trinajstić information content (AvgIpc) is 2.30. The molecule has 0 amide bonds. The minimum Gasteiger partial charge on any atom is -0.192 e. The molecule has 0 aromatic heterocycles. The van der Waals surface area contributed by atoms with Gasteiger partial charge in [0.05, 0.1) is 11.6 Å². The van der Waals surface area contributed by atoms with Crippen LogP contribution in [0.4, 0.5) is 0 Å². The van der Waals surface area contributed by atoms with Gasteiger partial charge in [-0.15, -0.1) is 0 Å². The Labute approximate surface area is 93.7 Å². The van der Waals surface area contributed by atoms with Crippen LogP contribution in [0.2, 0.25) is 0 Å². The van der Waals surface area contributed by atoms with E-state index >= 15 is 0 Å². The zero-order valence-corrected chi connectivity index (χ0v) is 10.5. The predicted molar refractivity (Wildman–Crippen MR) is 66.0 cm³/mol. The molecular formula is C14H21N. The summed E-state index contributed by atoms with van der Waals surface area (Å²) in [5, 5.41) is 8.88. The molecule has 1 aromatic carbocycles. The maximum Gasteiger partial charge on any atom is 0.0994 e. The van der Waals surface area contributed by atoms with E-state index in [2.05, 4.69) is 32.9 Å². The van der Waals surface area contributed by atoms with E-state index in [0.29, 0.717) is 5.92 Å². The van der Waals surface area contributed by atoms with Gasteiger partial charge >= 0.3 is 0 Å². The van der Waals surface area contributed by atoms with Gasteiger partial charge in [0, 0.05) is 0 Å². The number of hydrogen-bond acceptors (Lipinski definition) is 1. The highest BCUT2D eigenvalue weighted by atomic mass is 14.2. The molecule has 0 bridgehead atoms. The third-order valence-corrected chi connectivity index (χ3v) is 2.27. The van der Waals surface area contributed by atoms with Crippen LogP contribution < -0.4 is 0 Å². The second-order valence-corrected chi connectivity index (χ2v) is 3.54. The van der Waals surface area contributed by atoms with E-state index in [4.69, 9.17) is 5.26 Å². The summed E-state index contributed by atoms with van der Waals surface area (Å²) in [6.07, 6.45) is 1.03. The Bertz CT molecular complexity index is 332. The third kappa shape index (κ3) is 3.75. The lowest BCUT2D eigenvalue weighted by Gasteiger charge is -2.09. The molecule has 0 N–H and O–H groups in total. The third-order valence-electron chi connectivity index (χ3n) is 2.27. The Kier molecular flexibility index (Phi) is 6.45. The molecule has 0 saturated carbocycles. The van der Waals surface area contributed by atoms with Crippen LogP contribution in [0.1, 0.15) is 57.2 Å². The highest BCUT2D eigenvalue weighted by Gasteiger charge is 2.06. The fourth-order valence-electron chi connectivity index (χ4n) is 1.41. The van der Waals surface area contributed by atoms with Crippen LogP contribution in [-0.4, -0.2) is 0 Å². The predicted octanol–water partition coefficient (Wildman–Crippen LogP) is 4.27. The van der Waals surface area contributed by atoms with Gasteiger partial charge in [0.1, 0.15) is 0 Å². The van der Waals surface area contributed by atoms with Gasteiger partial charge in [-0.25, -0.2) is 0 Å². The van der Waals surface area contributed by atoms with Gasteiger partial charge in [-0.1, -0.05) is 46.8 Å². The summed E-state index contributed by atoms with van der Waals surface area (Å²) in [4.78, 5) is 0. The lowest BCUT2D eigenvalue weighted by molar-refractivity contribution is 0.858. The number of aryl methyl sites for hydroxylation is 1. The minimum atomic E-state index is 0.432. The van der Waals surface area contributed by atoms with Crippen molar-refractivity contribution in [2.24, 2.45) is 0 Å². The topological polar surface area (TPSA) is 23.8 Å². The van der Waals surface area contributed by atoms with E-state index in [1.54, 1.807) is 0 Å². The van der Waals surface area contributed by atoms with E-state index < -0.39 is 0 Å². The number of rotatable bonds is 2. The maximum absolute atomic E-state index is 8.88. The molecule has 15 heavy (non-hydrogen) atoms. The first-order valence-electron chi connectivity index (χ1n) is 5.72. The zero-order valence-electron chi connectivity index (χ0n) is 10.5. The summed E-state index contributed by atoms with van der Waals surface area (Å²) in [6.45, 7) is 10.4. The second-order valence-electron chi connectivity index (χ2n) is 3.54. The van der Waals surface area contributed by atoms with Crippen molar-refractivity contribution in [3.05, 3.63) is 34.9 Å². The van der Waals surface area contributed by atoms with Crippen molar-refractivity contribution >= 4 is 0 Å². The fourth-order valence-corrected chi connectivity index (χ4v) is 1.41. The normalized spacial score (nSPS) is 9.13. The highest BCUT2D eigenvalue weighted by molar-refractivity contribution is 5.41. The molecule has 0 unspecified atom stereocenters. The van der Waals surface area contributed by atoms with Crippen LogP contribution >= 0.6 is 0 Å². The first kappa shape index (κ1) is 13.7. The van der Waals surface area contributed by atoms with E-state index in [0.717, 1.165) is 12.0 Å². The highest BCUT2D eigenvalue weighted by Crippen LogP contribution is 2.20. The molecule has 1 aromatic rings. The zero-order chi connectivity index (χ0) is 11.8. The van der Waals surface area contributed by atoms with Crippen LogP contribution in [0.3, 0.4) is 0 Å². The molecular weight excluding hydrogens is 182 g/mol. The largest absolute Gasteiger partial charge is 0.192 e. The molecule has 0 aliphatic heterocycles. The number of benzene rings is 1. The summed E-state index contributed by atoms with van der Waals surface area (Å²) in [5.74, 6) is 0.432. The molecule has 1 rings (SSSR count). The van der Waals surface area contributed by atoms with Crippen LogP contribution in [-0.2, 0) is 6.42 Å². The molecule has 1 heteroatoms. The van der Waals surface area contributed by atoms with Gasteiger partial charge in [-0.05, 0) is 29.5 Å². The molecule has 0 atom stereocenters. The molecule has 1 nitrogen and oxygen atoms in total. The van der Waals surface area contributed by atoms with Gasteiger partial charge in [0.2, 0.25) is 0 Å². The molecule has 0 aliphatic carbocycles. The molecule has 0 heterocycles. The Balaban J connectivity index is 0.000000921. The van der Waals surface area contributed by atoms with Crippen molar-refractivity contribution < 1.29 is 0 Å². The molecule has 0 radical (unpaired) electrons. The Hall–Kier alpha value is -1.29. The van der Waals surface area contributed by atoms with Crippen molar-refractivity contribution in [2.45, 2.75) is 47.0 Å². The standard InChI is InChI=1S/C12H15N.C2H6/c1-4-10-5-6-11(8-13)12(7-10)9(2)3;1-2/h5-7,9H,4H2,1-3H3;1-2H3. The summed E-state index contributed by atoms with van der Waals surface area (Å²) in [6, 6.07) is 8.33. The Morgan fingerprint density at radius 3 is 2.27 bits per heavy atom. The Morgan fingerprint density at radius 1 is 1.27 bits per heavy atom. The molecule has 0 spiro atoms. The summed E-state index contributed by atoms with van der Waals surface area (Å²) < 4.78 is 0. The van der Waals surface area contributed by atoms with Gasteiger partial charge in [-0.3, -0.25) is 0 Å². The van der Waals surface area contributed by atoms with Crippen LogP contribution in [0.25, 0.3) is 0 Å². The molecule has 0 aliphatic rings. The van der Waals surface area contributed by atoms with Crippen molar-refractivity contribution in [2.75, 3.05) is 0 Å². The summed E-state index contributed by atoms with van der Waals surface area (Å²) in [5.41, 5.74) is 3.29. The summed E-state index contributed by atoms with van der Waals surface area (Å²) in [7, 11) is 0. The summed E-state index contributed by atoms with van der Waals surface area (Å²) >= 11 is 0. The van der Waals surface area contributed by atoms with Gasteiger partial charge in [-0.2, -0.15) is 5.26 Å². The van der Waals surface area contributed by atoms with Crippen LogP contribution in [0.5, 0.6) is 0 Å². The quantitative estimate of drug-likeness (QED) is 0.704. The van der Waals surface area contributed by atoms with Crippen molar-refractivity contribution in [3.63, 3.8) is 0 Å². The van der Waals surface area contributed by atoms with Crippen molar-refractivity contribution in [3.8, 4) is 6.07 Å². The second kappa shape index (κ2) is 7.06. The average molecular weight is 203 g/mol. The van der Waals surface area contributed by atoms with Gasteiger partial charge in [0.25, 0.3) is 0 Å². The Morgan fingerprint density at radius 2 is 1.87 bits per heavy atom. The lowest BCUT2D eigenvalue weighted by atomic mass is 9.95. The van der Waals surface area contributed by atoms with E-state index in [1.165, 1.54) is 11.1 Å². The van der Waals surface area contributed by atoms with E-state index in [1.807, 2.05) is 26.0 Å². The van der Waals surface area contributed by atoms with Crippen LogP contribution in [0.15, 0.2) is 18.2 Å². The van der Waals surface area contributed by atoms with Crippen molar-refractivity contribution in [1.82, 2.24) is 0 Å². The SMILES string of the molecule is CC.CCc1ccc(C#N)c(C(C)C)c1. The van der Waals surface area contributed by atoms with Gasteiger partial charge < -0.3 is 0 Å². The number of nitrogens with zero attached hydrogens (tertiary/aromatic N) is 1. The van der Waals surface area contributed by atoms with Crippen LogP contribution in [0, 0.1) is 11.3 Å². The first-order chi connectivity index (χ1) is 7.19. The van der Waals surface area contributed by atoms with Crippen molar-refractivity contribution in [1.29, 1.82) is 5.26 Å². The molecule has 0 saturated heterocycles. The lowest BCUT2D eigenvalue weighted by Crippen LogP contribution is -1.94.